The molecule has 0 radical (unpaired) electrons. The van der Waals surface area contributed by atoms with E-state index in [0.717, 1.165) is 17.1 Å². The summed E-state index contributed by atoms with van der Waals surface area (Å²) in [5, 5.41) is 7.19. The minimum atomic E-state index is 0.0591. The molecule has 0 aliphatic carbocycles. The van der Waals surface area contributed by atoms with Gasteiger partial charge in [0, 0.05) is 12.0 Å². The predicted octanol–water partition coefficient (Wildman–Crippen LogP) is 2.89. The van der Waals surface area contributed by atoms with Crippen molar-refractivity contribution in [3.63, 3.8) is 0 Å². The lowest BCUT2D eigenvalue weighted by molar-refractivity contribution is 0.337. The Morgan fingerprint density at radius 2 is 2.07 bits per heavy atom. The molecule has 0 fully saturated rings. The van der Waals surface area contributed by atoms with E-state index in [4.69, 9.17) is 12.2 Å². The van der Waals surface area contributed by atoms with Crippen molar-refractivity contribution in [2.45, 2.75) is 46.6 Å². The van der Waals surface area contributed by atoms with Crippen LogP contribution >= 0.6 is 12.2 Å². The summed E-state index contributed by atoms with van der Waals surface area (Å²) in [4.78, 5) is 0. The maximum Gasteiger partial charge on any atom is 0.195 e. The van der Waals surface area contributed by atoms with Gasteiger partial charge in [0.15, 0.2) is 4.77 Å². The molecule has 14 heavy (non-hydrogen) atoms. The predicted molar refractivity (Wildman–Crippen MR) is 60.9 cm³/mol. The average Bonchev–Trinajstić information content (AvgIpc) is 2.46. The van der Waals surface area contributed by atoms with Crippen LogP contribution in [0.1, 0.15) is 40.4 Å². The Labute approximate surface area is 90.5 Å². The molecule has 3 nitrogen and oxygen atoms in total. The van der Waals surface area contributed by atoms with E-state index in [9.17, 15) is 0 Å². The second-order valence-corrected chi connectivity index (χ2v) is 4.86. The molecule has 0 aliphatic heterocycles. The van der Waals surface area contributed by atoms with Crippen LogP contribution in [0.4, 0.5) is 0 Å². The lowest BCUT2D eigenvalue weighted by Gasteiger charge is -2.28. The fraction of sp³-hybridized carbons (Fsp3) is 0.800. The SMILES string of the molecule is CCn1c(C(C)(C)C(C)C)n[nH]c1=S. The quantitative estimate of drug-likeness (QED) is 0.783. The van der Waals surface area contributed by atoms with Crippen LogP contribution in [0.5, 0.6) is 0 Å². The topological polar surface area (TPSA) is 33.6 Å². The third-order valence-electron chi connectivity index (χ3n) is 3.09. The summed E-state index contributed by atoms with van der Waals surface area (Å²) in [6, 6.07) is 0. The van der Waals surface area contributed by atoms with Crippen LogP contribution in [0.25, 0.3) is 0 Å². The molecule has 0 amide bonds. The molecule has 0 bridgehead atoms. The summed E-state index contributed by atoms with van der Waals surface area (Å²) in [6.45, 7) is 11.8. The Kier molecular flexibility index (Phi) is 3.14. The van der Waals surface area contributed by atoms with E-state index in [1.165, 1.54) is 0 Å². The van der Waals surface area contributed by atoms with E-state index in [2.05, 4.69) is 49.4 Å². The number of aromatic nitrogens is 3. The normalized spacial score (nSPS) is 12.4. The van der Waals surface area contributed by atoms with Crippen LogP contribution in [-0.4, -0.2) is 14.8 Å². The second kappa shape index (κ2) is 3.85. The Morgan fingerprint density at radius 1 is 1.50 bits per heavy atom. The molecule has 0 aromatic carbocycles. The summed E-state index contributed by atoms with van der Waals surface area (Å²) in [5.41, 5.74) is 0.0591. The highest BCUT2D eigenvalue weighted by atomic mass is 32.1. The highest BCUT2D eigenvalue weighted by molar-refractivity contribution is 7.71. The van der Waals surface area contributed by atoms with Gasteiger partial charge in [-0.1, -0.05) is 27.7 Å². The molecule has 0 spiro atoms. The molecule has 0 saturated carbocycles. The number of rotatable bonds is 3. The number of H-pyrrole nitrogens is 1. The maximum absolute atomic E-state index is 5.17. The number of hydrogen-bond donors (Lipinski definition) is 1. The Hall–Kier alpha value is -0.640. The molecule has 1 aromatic heterocycles. The molecule has 0 unspecified atom stereocenters. The van der Waals surface area contributed by atoms with Crippen LogP contribution < -0.4 is 0 Å². The van der Waals surface area contributed by atoms with Crippen molar-refractivity contribution in [1.82, 2.24) is 14.8 Å². The molecule has 0 aliphatic rings. The Bertz CT molecular complexity index is 360. The fourth-order valence-electron chi connectivity index (χ4n) is 1.36. The first kappa shape index (κ1) is 11.4. The zero-order chi connectivity index (χ0) is 10.9. The minimum Gasteiger partial charge on any atom is -0.304 e. The van der Waals surface area contributed by atoms with Crippen molar-refractivity contribution >= 4 is 12.2 Å². The molecule has 80 valence electrons. The smallest absolute Gasteiger partial charge is 0.195 e. The van der Waals surface area contributed by atoms with Crippen molar-refractivity contribution < 1.29 is 0 Å². The summed E-state index contributed by atoms with van der Waals surface area (Å²) in [6.07, 6.45) is 0. The van der Waals surface area contributed by atoms with Gasteiger partial charge >= 0.3 is 0 Å². The number of nitrogens with one attached hydrogen (secondary N) is 1. The van der Waals surface area contributed by atoms with Crippen molar-refractivity contribution in [2.24, 2.45) is 5.92 Å². The lowest BCUT2D eigenvalue weighted by Crippen LogP contribution is -2.28. The van der Waals surface area contributed by atoms with Gasteiger partial charge < -0.3 is 4.57 Å². The highest BCUT2D eigenvalue weighted by Crippen LogP contribution is 2.29. The summed E-state index contributed by atoms with van der Waals surface area (Å²) in [5.74, 6) is 1.60. The van der Waals surface area contributed by atoms with Gasteiger partial charge in [0.25, 0.3) is 0 Å². The van der Waals surface area contributed by atoms with E-state index >= 15 is 0 Å². The van der Waals surface area contributed by atoms with Gasteiger partial charge in [-0.25, -0.2) is 0 Å². The highest BCUT2D eigenvalue weighted by Gasteiger charge is 2.29. The fourth-order valence-corrected chi connectivity index (χ4v) is 1.62. The maximum atomic E-state index is 5.17. The first-order valence-electron chi connectivity index (χ1n) is 5.07. The number of nitrogens with zero attached hydrogens (tertiary/aromatic N) is 2. The summed E-state index contributed by atoms with van der Waals surface area (Å²) in [7, 11) is 0. The first-order chi connectivity index (χ1) is 6.41. The van der Waals surface area contributed by atoms with Gasteiger partial charge in [0.2, 0.25) is 0 Å². The third kappa shape index (κ3) is 1.75. The van der Waals surface area contributed by atoms with Crippen molar-refractivity contribution in [2.75, 3.05) is 0 Å². The van der Waals surface area contributed by atoms with E-state index < -0.39 is 0 Å². The molecule has 0 saturated heterocycles. The van der Waals surface area contributed by atoms with Crippen molar-refractivity contribution in [3.05, 3.63) is 10.6 Å². The van der Waals surface area contributed by atoms with Crippen molar-refractivity contribution in [1.29, 1.82) is 0 Å². The Morgan fingerprint density at radius 3 is 2.50 bits per heavy atom. The van der Waals surface area contributed by atoms with Crippen molar-refractivity contribution in [3.8, 4) is 0 Å². The van der Waals surface area contributed by atoms with Crippen LogP contribution in [0.15, 0.2) is 0 Å². The third-order valence-corrected chi connectivity index (χ3v) is 3.41. The van der Waals surface area contributed by atoms with E-state index in [-0.39, 0.29) is 5.41 Å². The largest absolute Gasteiger partial charge is 0.304 e. The Balaban J connectivity index is 3.25. The number of aromatic amines is 1. The standard InChI is InChI=1S/C10H19N3S/c1-6-13-8(11-12-9(13)14)10(4,5)7(2)3/h7H,6H2,1-5H3,(H,12,14). The van der Waals surface area contributed by atoms with Crippen LogP contribution in [0, 0.1) is 10.7 Å². The second-order valence-electron chi connectivity index (χ2n) is 4.47. The monoisotopic (exact) mass is 213 g/mol. The summed E-state index contributed by atoms with van der Waals surface area (Å²) < 4.78 is 2.78. The van der Waals surface area contributed by atoms with E-state index in [1.807, 2.05) is 0 Å². The summed E-state index contributed by atoms with van der Waals surface area (Å²) >= 11 is 5.17. The lowest BCUT2D eigenvalue weighted by atomic mass is 9.80. The zero-order valence-electron chi connectivity index (χ0n) is 9.59. The molecule has 4 heteroatoms. The van der Waals surface area contributed by atoms with Gasteiger partial charge in [-0.05, 0) is 25.1 Å². The molecular formula is C10H19N3S. The number of hydrogen-bond acceptors (Lipinski definition) is 2. The average molecular weight is 213 g/mol. The van der Waals surface area contributed by atoms with Gasteiger partial charge in [-0.2, -0.15) is 5.10 Å². The van der Waals surface area contributed by atoms with Gasteiger partial charge in [-0.15, -0.1) is 0 Å². The van der Waals surface area contributed by atoms with E-state index in [1.54, 1.807) is 0 Å². The molecule has 1 N–H and O–H groups in total. The molecular weight excluding hydrogens is 194 g/mol. The van der Waals surface area contributed by atoms with Gasteiger partial charge in [-0.3, -0.25) is 5.10 Å². The van der Waals surface area contributed by atoms with Crippen LogP contribution in [0.2, 0.25) is 0 Å². The van der Waals surface area contributed by atoms with Crippen LogP contribution in [0.3, 0.4) is 0 Å². The van der Waals surface area contributed by atoms with E-state index in [0.29, 0.717) is 5.92 Å². The first-order valence-corrected chi connectivity index (χ1v) is 5.47. The van der Waals surface area contributed by atoms with Gasteiger partial charge in [0.05, 0.1) is 0 Å². The minimum absolute atomic E-state index is 0.0591. The molecule has 1 aromatic rings. The molecule has 0 atom stereocenters. The van der Waals surface area contributed by atoms with Crippen LogP contribution in [-0.2, 0) is 12.0 Å². The zero-order valence-corrected chi connectivity index (χ0v) is 10.4. The molecule has 1 rings (SSSR count). The van der Waals surface area contributed by atoms with Gasteiger partial charge in [0.1, 0.15) is 5.82 Å². The molecule has 1 heterocycles.